The van der Waals surface area contributed by atoms with E-state index in [1.807, 2.05) is 30.3 Å². The van der Waals surface area contributed by atoms with Crippen molar-refractivity contribution >= 4 is 28.9 Å². The highest BCUT2D eigenvalue weighted by molar-refractivity contribution is 6.29. The number of rotatable bonds is 5. The van der Waals surface area contributed by atoms with Gasteiger partial charge < -0.3 is 15.4 Å². The molecule has 1 aromatic heterocycles. The quantitative estimate of drug-likeness (QED) is 0.598. The fraction of sp³-hybridized carbons (Fsp3) is 0.217. The van der Waals surface area contributed by atoms with E-state index in [0.717, 1.165) is 24.9 Å². The number of para-hydroxylation sites is 2. The average molecular weight is 408 g/mol. The summed E-state index contributed by atoms with van der Waals surface area (Å²) in [4.78, 5) is 17.0. The van der Waals surface area contributed by atoms with Crippen LogP contribution in [0.15, 0.2) is 60.7 Å². The van der Waals surface area contributed by atoms with Crippen molar-refractivity contribution in [2.45, 2.75) is 25.3 Å². The summed E-state index contributed by atoms with van der Waals surface area (Å²) in [6, 6.07) is 19.4. The molecule has 0 bridgehead atoms. The Labute approximate surface area is 175 Å². The van der Waals surface area contributed by atoms with Gasteiger partial charge in [-0.05, 0) is 54.7 Å². The van der Waals surface area contributed by atoms with Gasteiger partial charge >= 0.3 is 0 Å². The molecule has 5 nitrogen and oxygen atoms in total. The fourth-order valence-electron chi connectivity index (χ4n) is 3.67. The maximum atomic E-state index is 12.8. The molecule has 0 saturated heterocycles. The smallest absolute Gasteiger partial charge is 0.270 e. The lowest BCUT2D eigenvalue weighted by Gasteiger charge is -2.25. The van der Waals surface area contributed by atoms with E-state index in [1.54, 1.807) is 19.2 Å². The lowest BCUT2D eigenvalue weighted by atomic mass is 9.88. The maximum absolute atomic E-state index is 12.8. The number of nitrogens with one attached hydrogen (secondary N) is 2. The fourth-order valence-corrected chi connectivity index (χ4v) is 3.88. The first-order chi connectivity index (χ1) is 14.1. The SMILES string of the molecule is COc1ccccc1Nc1cc(Cl)nc(C(=O)NC2CCc3ccccc3C2)c1. The van der Waals surface area contributed by atoms with Crippen LogP contribution in [0, 0.1) is 0 Å². The number of aryl methyl sites for hydroxylation is 1. The minimum atomic E-state index is -0.222. The molecule has 1 unspecified atom stereocenters. The van der Waals surface area contributed by atoms with Gasteiger partial charge in [0.1, 0.15) is 16.6 Å². The second-order valence-electron chi connectivity index (χ2n) is 7.07. The van der Waals surface area contributed by atoms with Crippen LogP contribution in [0.1, 0.15) is 28.0 Å². The van der Waals surface area contributed by atoms with Crippen LogP contribution in [0.4, 0.5) is 11.4 Å². The number of hydrogen-bond donors (Lipinski definition) is 2. The highest BCUT2D eigenvalue weighted by Gasteiger charge is 2.21. The number of benzene rings is 2. The summed E-state index contributed by atoms with van der Waals surface area (Å²) >= 11 is 6.18. The molecule has 0 fully saturated rings. The van der Waals surface area contributed by atoms with E-state index in [0.29, 0.717) is 11.4 Å². The van der Waals surface area contributed by atoms with Crippen molar-refractivity contribution in [1.29, 1.82) is 0 Å². The van der Waals surface area contributed by atoms with E-state index >= 15 is 0 Å². The minimum Gasteiger partial charge on any atom is -0.495 e. The molecule has 0 radical (unpaired) electrons. The van der Waals surface area contributed by atoms with Gasteiger partial charge in [-0.25, -0.2) is 4.98 Å². The molecule has 0 aliphatic heterocycles. The van der Waals surface area contributed by atoms with Crippen molar-refractivity contribution in [2.75, 3.05) is 12.4 Å². The van der Waals surface area contributed by atoms with Gasteiger partial charge in [0, 0.05) is 11.7 Å². The van der Waals surface area contributed by atoms with Gasteiger partial charge in [0.05, 0.1) is 12.8 Å². The van der Waals surface area contributed by atoms with Crippen molar-refractivity contribution in [3.63, 3.8) is 0 Å². The highest BCUT2D eigenvalue weighted by Crippen LogP contribution is 2.28. The van der Waals surface area contributed by atoms with Crippen LogP contribution >= 0.6 is 11.6 Å². The third kappa shape index (κ3) is 4.51. The topological polar surface area (TPSA) is 63.2 Å². The normalized spacial score (nSPS) is 15.3. The summed E-state index contributed by atoms with van der Waals surface area (Å²) in [6.07, 6.45) is 2.70. The third-order valence-corrected chi connectivity index (χ3v) is 5.29. The zero-order chi connectivity index (χ0) is 20.2. The standard InChI is InChI=1S/C23H22ClN3O2/c1-29-21-9-5-4-8-19(21)25-18-13-20(27-22(24)14-18)23(28)26-17-11-10-15-6-2-3-7-16(15)12-17/h2-9,13-14,17H,10-12H2,1H3,(H,25,27)(H,26,28). The predicted octanol–water partition coefficient (Wildman–Crippen LogP) is 4.77. The number of carbonyl (C=O) groups is 1. The molecule has 1 amide bonds. The highest BCUT2D eigenvalue weighted by atomic mass is 35.5. The molecular weight excluding hydrogens is 386 g/mol. The second-order valence-corrected chi connectivity index (χ2v) is 7.46. The Kier molecular flexibility index (Phi) is 5.67. The van der Waals surface area contributed by atoms with Crippen molar-refractivity contribution in [3.05, 3.63) is 82.6 Å². The summed E-state index contributed by atoms with van der Waals surface area (Å²) in [5.41, 5.74) is 4.40. The van der Waals surface area contributed by atoms with Gasteiger partial charge in [-0.15, -0.1) is 0 Å². The number of halogens is 1. The number of amides is 1. The first-order valence-electron chi connectivity index (χ1n) is 9.57. The zero-order valence-electron chi connectivity index (χ0n) is 16.1. The van der Waals surface area contributed by atoms with Crippen molar-refractivity contribution < 1.29 is 9.53 Å². The van der Waals surface area contributed by atoms with Crippen LogP contribution in [0.5, 0.6) is 5.75 Å². The van der Waals surface area contributed by atoms with Crippen LogP contribution in [0.3, 0.4) is 0 Å². The maximum Gasteiger partial charge on any atom is 0.270 e. The number of hydrogen-bond acceptors (Lipinski definition) is 4. The number of aromatic nitrogens is 1. The lowest BCUT2D eigenvalue weighted by molar-refractivity contribution is 0.0928. The molecule has 2 N–H and O–H groups in total. The van der Waals surface area contributed by atoms with E-state index in [4.69, 9.17) is 16.3 Å². The summed E-state index contributed by atoms with van der Waals surface area (Å²) < 4.78 is 5.36. The number of nitrogens with zero attached hydrogens (tertiary/aromatic N) is 1. The average Bonchev–Trinajstić information content (AvgIpc) is 2.73. The Balaban J connectivity index is 1.49. The molecule has 4 rings (SSSR count). The summed E-state index contributed by atoms with van der Waals surface area (Å²) in [5, 5.41) is 6.60. The van der Waals surface area contributed by atoms with Crippen molar-refractivity contribution in [3.8, 4) is 5.75 Å². The first-order valence-corrected chi connectivity index (χ1v) is 9.95. The molecule has 0 saturated carbocycles. The Bertz CT molecular complexity index is 1040. The largest absolute Gasteiger partial charge is 0.495 e. The number of carbonyl (C=O) groups excluding carboxylic acids is 1. The molecule has 148 valence electrons. The van der Waals surface area contributed by atoms with Crippen LogP contribution < -0.4 is 15.4 Å². The Morgan fingerprint density at radius 1 is 1.10 bits per heavy atom. The van der Waals surface area contributed by atoms with Gasteiger partial charge in [-0.1, -0.05) is 48.0 Å². The molecule has 1 aliphatic carbocycles. The van der Waals surface area contributed by atoms with Crippen LogP contribution in [0.25, 0.3) is 0 Å². The molecule has 1 heterocycles. The van der Waals surface area contributed by atoms with E-state index in [-0.39, 0.29) is 22.8 Å². The van der Waals surface area contributed by atoms with Crippen LogP contribution in [-0.2, 0) is 12.8 Å². The second kappa shape index (κ2) is 8.53. The molecule has 6 heteroatoms. The molecular formula is C23H22ClN3O2. The predicted molar refractivity (Wildman–Crippen MR) is 115 cm³/mol. The van der Waals surface area contributed by atoms with Gasteiger partial charge in [0.2, 0.25) is 0 Å². The Morgan fingerprint density at radius 2 is 1.86 bits per heavy atom. The van der Waals surface area contributed by atoms with Gasteiger partial charge in [-0.2, -0.15) is 0 Å². The summed E-state index contributed by atoms with van der Waals surface area (Å²) in [5.74, 6) is 0.479. The summed E-state index contributed by atoms with van der Waals surface area (Å²) in [7, 11) is 1.61. The van der Waals surface area contributed by atoms with Crippen LogP contribution in [0.2, 0.25) is 5.15 Å². The van der Waals surface area contributed by atoms with Crippen molar-refractivity contribution in [2.24, 2.45) is 0 Å². The minimum absolute atomic E-state index is 0.0869. The monoisotopic (exact) mass is 407 g/mol. The Morgan fingerprint density at radius 3 is 2.69 bits per heavy atom. The number of ether oxygens (including phenoxy) is 1. The number of methoxy groups -OCH3 is 1. The van der Waals surface area contributed by atoms with Crippen LogP contribution in [-0.4, -0.2) is 24.0 Å². The van der Waals surface area contributed by atoms with E-state index in [9.17, 15) is 4.79 Å². The lowest BCUT2D eigenvalue weighted by Crippen LogP contribution is -2.39. The van der Waals surface area contributed by atoms with Gasteiger partial charge in [0.15, 0.2) is 0 Å². The third-order valence-electron chi connectivity index (χ3n) is 5.09. The first kappa shape index (κ1) is 19.3. The molecule has 0 spiro atoms. The molecule has 1 aliphatic rings. The number of anilines is 2. The van der Waals surface area contributed by atoms with Crippen molar-refractivity contribution in [1.82, 2.24) is 10.3 Å². The molecule has 1 atom stereocenters. The molecule has 2 aromatic carbocycles. The summed E-state index contributed by atoms with van der Waals surface area (Å²) in [6.45, 7) is 0. The van der Waals surface area contributed by atoms with E-state index in [1.165, 1.54) is 11.1 Å². The van der Waals surface area contributed by atoms with E-state index in [2.05, 4.69) is 33.8 Å². The van der Waals surface area contributed by atoms with E-state index < -0.39 is 0 Å². The number of fused-ring (bicyclic) bond motifs is 1. The molecule has 3 aromatic rings. The molecule has 29 heavy (non-hydrogen) atoms. The number of pyridine rings is 1. The zero-order valence-corrected chi connectivity index (χ0v) is 16.9. The van der Waals surface area contributed by atoms with Gasteiger partial charge in [0.25, 0.3) is 5.91 Å². The van der Waals surface area contributed by atoms with Gasteiger partial charge in [-0.3, -0.25) is 4.79 Å². The Hall–Kier alpha value is -3.05.